The molecule has 0 fully saturated rings. The van der Waals surface area contributed by atoms with Gasteiger partial charge in [0.05, 0.1) is 13.7 Å². The van der Waals surface area contributed by atoms with Crippen molar-refractivity contribution in [3.63, 3.8) is 0 Å². The first-order valence-corrected chi connectivity index (χ1v) is 6.48. The van der Waals surface area contributed by atoms with Crippen molar-refractivity contribution < 1.29 is 14.4 Å². The van der Waals surface area contributed by atoms with Crippen molar-refractivity contribution in [1.82, 2.24) is 10.8 Å². The number of hydrogen-bond donors (Lipinski definition) is 2. The minimum Gasteiger partial charge on any atom is -0.494 e. The Morgan fingerprint density at radius 1 is 1.15 bits per heavy atom. The van der Waals surface area contributed by atoms with Gasteiger partial charge in [-0.2, -0.15) is 0 Å². The smallest absolute Gasteiger partial charge is 0.338 e. The molecule has 2 rings (SSSR count). The number of carbonyl (C=O) groups excluding carboxylic acids is 1. The van der Waals surface area contributed by atoms with Crippen molar-refractivity contribution in [2.45, 2.75) is 6.42 Å². The summed E-state index contributed by atoms with van der Waals surface area (Å²) in [7, 11) is 1.39. The normalized spacial score (nSPS) is 10.2. The van der Waals surface area contributed by atoms with Gasteiger partial charge in [0.15, 0.2) is 0 Å². The highest BCUT2D eigenvalue weighted by Gasteiger charge is 1.99. The molecule has 0 heterocycles. The fourth-order valence-electron chi connectivity index (χ4n) is 1.85. The van der Waals surface area contributed by atoms with Gasteiger partial charge in [-0.15, -0.1) is 0 Å². The van der Waals surface area contributed by atoms with E-state index in [1.807, 2.05) is 30.3 Å². The van der Waals surface area contributed by atoms with Gasteiger partial charge < -0.3 is 10.1 Å². The summed E-state index contributed by atoms with van der Waals surface area (Å²) in [5, 5.41) is 4.99. The van der Waals surface area contributed by atoms with Gasteiger partial charge in [0.1, 0.15) is 5.75 Å². The van der Waals surface area contributed by atoms with Crippen LogP contribution in [0.15, 0.2) is 42.5 Å². The minimum atomic E-state index is -0.349. The van der Waals surface area contributed by atoms with Crippen LogP contribution in [0.4, 0.5) is 4.79 Å². The van der Waals surface area contributed by atoms with Crippen LogP contribution < -0.4 is 15.5 Å². The van der Waals surface area contributed by atoms with E-state index in [0.29, 0.717) is 13.2 Å². The van der Waals surface area contributed by atoms with E-state index < -0.39 is 0 Å². The molecule has 0 aliphatic rings. The molecular formula is C15H18N2O3. The third kappa shape index (κ3) is 4.13. The zero-order valence-corrected chi connectivity index (χ0v) is 11.4. The lowest BCUT2D eigenvalue weighted by Gasteiger charge is -2.08. The second kappa shape index (κ2) is 7.35. The molecule has 0 atom stereocenters. The number of amides is 2. The number of hydrogen-bond acceptors (Lipinski definition) is 3. The number of nitrogens with one attached hydrogen (secondary N) is 2. The first kappa shape index (κ1) is 14.1. The third-order valence-corrected chi connectivity index (χ3v) is 2.79. The number of benzene rings is 2. The quantitative estimate of drug-likeness (QED) is 0.628. The highest BCUT2D eigenvalue weighted by Crippen LogP contribution is 2.20. The van der Waals surface area contributed by atoms with Crippen LogP contribution in [0.5, 0.6) is 5.75 Å². The number of fused-ring (bicyclic) bond motifs is 1. The van der Waals surface area contributed by atoms with E-state index in [2.05, 4.69) is 27.8 Å². The molecule has 0 spiro atoms. The first-order chi connectivity index (χ1) is 9.79. The van der Waals surface area contributed by atoms with E-state index in [9.17, 15) is 4.79 Å². The van der Waals surface area contributed by atoms with Crippen LogP contribution in [0.1, 0.15) is 6.42 Å². The summed E-state index contributed by atoms with van der Waals surface area (Å²) >= 11 is 0. The standard InChI is InChI=1S/C15H18N2O3/c1-19-17-15(18)16-9-4-10-20-14-8-7-12-5-2-3-6-13(12)11-14/h2-3,5-8,11H,4,9-10H2,1H3,(H2,16,17,18). The van der Waals surface area contributed by atoms with Crippen LogP contribution in [0.2, 0.25) is 0 Å². The summed E-state index contributed by atoms with van der Waals surface area (Å²) in [5.74, 6) is 0.838. The Kier molecular flexibility index (Phi) is 5.20. The van der Waals surface area contributed by atoms with Crippen LogP contribution in [0.3, 0.4) is 0 Å². The van der Waals surface area contributed by atoms with Gasteiger partial charge in [0.25, 0.3) is 0 Å². The predicted molar refractivity (Wildman–Crippen MR) is 77.6 cm³/mol. The van der Waals surface area contributed by atoms with Crippen LogP contribution >= 0.6 is 0 Å². The fraction of sp³-hybridized carbons (Fsp3) is 0.267. The summed E-state index contributed by atoms with van der Waals surface area (Å²) in [6.45, 7) is 1.08. The SMILES string of the molecule is CONC(=O)NCCCOc1ccc2ccccc2c1. The molecule has 2 amide bonds. The average molecular weight is 274 g/mol. The fourth-order valence-corrected chi connectivity index (χ4v) is 1.85. The van der Waals surface area contributed by atoms with Crippen LogP contribution in [0, 0.1) is 0 Å². The topological polar surface area (TPSA) is 59.6 Å². The number of urea groups is 1. The summed E-state index contributed by atoms with van der Waals surface area (Å²) in [4.78, 5) is 15.5. The minimum absolute atomic E-state index is 0.349. The molecule has 0 aliphatic carbocycles. The Labute approximate surface area is 117 Å². The molecule has 0 saturated heterocycles. The average Bonchev–Trinajstić information content (AvgIpc) is 2.47. The first-order valence-electron chi connectivity index (χ1n) is 6.48. The zero-order chi connectivity index (χ0) is 14.2. The highest BCUT2D eigenvalue weighted by atomic mass is 16.6. The van der Waals surface area contributed by atoms with Crippen molar-refractivity contribution in [2.24, 2.45) is 0 Å². The molecule has 0 aromatic heterocycles. The maximum absolute atomic E-state index is 11.0. The van der Waals surface area contributed by atoms with E-state index in [4.69, 9.17) is 4.74 Å². The zero-order valence-electron chi connectivity index (χ0n) is 11.4. The van der Waals surface area contributed by atoms with Gasteiger partial charge in [-0.3, -0.25) is 4.84 Å². The Balaban J connectivity index is 1.74. The molecule has 0 aliphatic heterocycles. The van der Waals surface area contributed by atoms with E-state index in [1.54, 1.807) is 0 Å². The molecule has 0 saturated carbocycles. The summed E-state index contributed by atoms with van der Waals surface area (Å²) in [6, 6.07) is 13.8. The van der Waals surface area contributed by atoms with Gasteiger partial charge >= 0.3 is 6.03 Å². The number of rotatable bonds is 6. The molecule has 0 unspecified atom stereocenters. The lowest BCUT2D eigenvalue weighted by atomic mass is 10.1. The molecule has 20 heavy (non-hydrogen) atoms. The van der Waals surface area contributed by atoms with E-state index >= 15 is 0 Å². The lowest BCUT2D eigenvalue weighted by molar-refractivity contribution is 0.107. The second-order valence-electron chi connectivity index (χ2n) is 4.27. The molecule has 2 aromatic carbocycles. The Hall–Kier alpha value is -2.27. The Bertz CT molecular complexity index is 572. The van der Waals surface area contributed by atoms with Crippen molar-refractivity contribution in [3.8, 4) is 5.75 Å². The molecular weight excluding hydrogens is 256 g/mol. The second-order valence-corrected chi connectivity index (χ2v) is 4.27. The lowest BCUT2D eigenvalue weighted by Crippen LogP contribution is -2.35. The van der Waals surface area contributed by atoms with Crippen molar-refractivity contribution in [1.29, 1.82) is 0 Å². The van der Waals surface area contributed by atoms with Gasteiger partial charge in [-0.25, -0.2) is 10.3 Å². The van der Waals surface area contributed by atoms with Crippen molar-refractivity contribution in [2.75, 3.05) is 20.3 Å². The van der Waals surface area contributed by atoms with Gasteiger partial charge in [-0.05, 0) is 29.3 Å². The monoisotopic (exact) mass is 274 g/mol. The van der Waals surface area contributed by atoms with Gasteiger partial charge in [-0.1, -0.05) is 30.3 Å². The van der Waals surface area contributed by atoms with Crippen LogP contribution in [-0.4, -0.2) is 26.3 Å². The van der Waals surface area contributed by atoms with Gasteiger partial charge in [0, 0.05) is 6.54 Å². The number of carbonyl (C=O) groups is 1. The van der Waals surface area contributed by atoms with Crippen LogP contribution in [-0.2, 0) is 4.84 Å². The molecule has 2 aromatic rings. The summed E-state index contributed by atoms with van der Waals surface area (Å²) in [5.41, 5.74) is 2.18. The molecule has 0 radical (unpaired) electrons. The molecule has 5 nitrogen and oxygen atoms in total. The molecule has 0 bridgehead atoms. The molecule has 5 heteroatoms. The van der Waals surface area contributed by atoms with Gasteiger partial charge in [0.2, 0.25) is 0 Å². The predicted octanol–water partition coefficient (Wildman–Crippen LogP) is 2.47. The maximum atomic E-state index is 11.0. The molecule has 106 valence electrons. The Morgan fingerprint density at radius 2 is 1.95 bits per heavy atom. The summed E-state index contributed by atoms with van der Waals surface area (Å²) < 4.78 is 5.65. The van der Waals surface area contributed by atoms with E-state index in [-0.39, 0.29) is 6.03 Å². The largest absolute Gasteiger partial charge is 0.494 e. The Morgan fingerprint density at radius 3 is 2.75 bits per heavy atom. The number of hydroxylamine groups is 1. The highest BCUT2D eigenvalue weighted by molar-refractivity contribution is 5.83. The maximum Gasteiger partial charge on any atom is 0.338 e. The van der Waals surface area contributed by atoms with Crippen molar-refractivity contribution >= 4 is 16.8 Å². The third-order valence-electron chi connectivity index (χ3n) is 2.79. The van der Waals surface area contributed by atoms with Crippen molar-refractivity contribution in [3.05, 3.63) is 42.5 Å². The number of ether oxygens (including phenoxy) is 1. The van der Waals surface area contributed by atoms with E-state index in [0.717, 1.165) is 17.6 Å². The summed E-state index contributed by atoms with van der Waals surface area (Å²) in [6.07, 6.45) is 0.726. The van der Waals surface area contributed by atoms with E-state index in [1.165, 1.54) is 12.5 Å². The van der Waals surface area contributed by atoms with Crippen LogP contribution in [0.25, 0.3) is 10.8 Å². The molecule has 2 N–H and O–H groups in total.